The maximum absolute atomic E-state index is 12.7. The molecule has 0 saturated carbocycles. The van der Waals surface area contributed by atoms with Crippen LogP contribution in [0.15, 0.2) is 46.7 Å². The van der Waals surface area contributed by atoms with Crippen molar-refractivity contribution in [2.75, 3.05) is 25.0 Å². The molecule has 29 heavy (non-hydrogen) atoms. The van der Waals surface area contributed by atoms with Gasteiger partial charge in [-0.25, -0.2) is 0 Å². The Morgan fingerprint density at radius 1 is 1.24 bits per heavy atom. The Morgan fingerprint density at radius 3 is 2.79 bits per heavy atom. The summed E-state index contributed by atoms with van der Waals surface area (Å²) in [6.45, 7) is 5.03. The van der Waals surface area contributed by atoms with Gasteiger partial charge in [0.2, 0.25) is 11.8 Å². The minimum absolute atomic E-state index is 0.0658. The lowest BCUT2D eigenvalue weighted by Crippen LogP contribution is -2.42. The first-order valence-electron chi connectivity index (χ1n) is 10.2. The standard InChI is InChI=1S/C22H27N3O2S2/c1-15-8-10-25(11-9-15)17(19-7-4-12-28-19)14-23-21(26)13-20-22(27)24-16-5-2-3-6-18(16)29-20/h2-7,12,15,17,20H,8-11,13-14H2,1H3,(H,23,26)(H,24,27)/t17-,20-/m1/s1. The normalized spacial score (nSPS) is 21.3. The van der Waals surface area contributed by atoms with Gasteiger partial charge in [0.05, 0.1) is 17.0 Å². The summed E-state index contributed by atoms with van der Waals surface area (Å²) in [6, 6.07) is 12.2. The van der Waals surface area contributed by atoms with E-state index in [1.165, 1.54) is 29.5 Å². The number of rotatable bonds is 6. The van der Waals surface area contributed by atoms with Crippen LogP contribution in [0.5, 0.6) is 0 Å². The second-order valence-electron chi connectivity index (χ2n) is 7.85. The number of thioether (sulfide) groups is 1. The molecule has 2 aliphatic rings. The Bertz CT molecular complexity index is 848. The summed E-state index contributed by atoms with van der Waals surface area (Å²) in [4.78, 5) is 29.8. The van der Waals surface area contributed by atoms with Gasteiger partial charge in [0.25, 0.3) is 0 Å². The van der Waals surface area contributed by atoms with E-state index < -0.39 is 0 Å². The van der Waals surface area contributed by atoms with Crippen molar-refractivity contribution in [3.8, 4) is 0 Å². The second-order valence-corrected chi connectivity index (χ2v) is 10.1. The number of piperidine rings is 1. The minimum atomic E-state index is -0.388. The first-order valence-corrected chi connectivity index (χ1v) is 12.0. The molecule has 4 rings (SSSR count). The predicted octanol–water partition coefficient (Wildman–Crippen LogP) is 4.14. The average molecular weight is 430 g/mol. The lowest BCUT2D eigenvalue weighted by Gasteiger charge is -2.36. The van der Waals surface area contributed by atoms with Gasteiger partial charge in [-0.15, -0.1) is 23.1 Å². The molecule has 0 unspecified atom stereocenters. The van der Waals surface area contributed by atoms with Crippen LogP contribution in [0.2, 0.25) is 0 Å². The fraction of sp³-hybridized carbons (Fsp3) is 0.455. The number of amides is 2. The third-order valence-electron chi connectivity index (χ3n) is 5.70. The van der Waals surface area contributed by atoms with Gasteiger partial charge in [-0.1, -0.05) is 25.1 Å². The number of hydrogen-bond acceptors (Lipinski definition) is 5. The highest BCUT2D eigenvalue weighted by Crippen LogP contribution is 2.36. The second kappa shape index (κ2) is 9.32. The number of fused-ring (bicyclic) bond motifs is 1. The highest BCUT2D eigenvalue weighted by atomic mass is 32.2. The van der Waals surface area contributed by atoms with E-state index in [1.54, 1.807) is 11.3 Å². The van der Waals surface area contributed by atoms with E-state index in [9.17, 15) is 9.59 Å². The fourth-order valence-corrected chi connectivity index (χ4v) is 5.88. The molecule has 2 amide bonds. The monoisotopic (exact) mass is 429 g/mol. The van der Waals surface area contributed by atoms with Crippen molar-refractivity contribution in [3.05, 3.63) is 46.7 Å². The molecule has 2 atom stereocenters. The predicted molar refractivity (Wildman–Crippen MR) is 119 cm³/mol. The Labute approximate surface area is 180 Å². The first-order chi connectivity index (χ1) is 14.1. The molecule has 1 aromatic heterocycles. The summed E-state index contributed by atoms with van der Waals surface area (Å²) in [5, 5.41) is 7.72. The van der Waals surface area contributed by atoms with Gasteiger partial charge in [0.1, 0.15) is 0 Å². The summed E-state index contributed by atoms with van der Waals surface area (Å²) in [7, 11) is 0. The highest BCUT2D eigenvalue weighted by molar-refractivity contribution is 8.01. The van der Waals surface area contributed by atoms with Gasteiger partial charge in [-0.2, -0.15) is 0 Å². The summed E-state index contributed by atoms with van der Waals surface area (Å²) in [5.74, 6) is 0.613. The van der Waals surface area contributed by atoms with Crippen LogP contribution in [0.3, 0.4) is 0 Å². The smallest absolute Gasteiger partial charge is 0.238 e. The van der Waals surface area contributed by atoms with Gasteiger partial charge >= 0.3 is 0 Å². The molecular formula is C22H27N3O2S2. The number of para-hydroxylation sites is 1. The van der Waals surface area contributed by atoms with Gasteiger partial charge < -0.3 is 10.6 Å². The van der Waals surface area contributed by atoms with Crippen LogP contribution >= 0.6 is 23.1 Å². The van der Waals surface area contributed by atoms with Crippen LogP contribution in [-0.4, -0.2) is 41.6 Å². The van der Waals surface area contributed by atoms with Crippen LogP contribution in [0.25, 0.3) is 0 Å². The van der Waals surface area contributed by atoms with Gasteiger partial charge in [0.15, 0.2) is 0 Å². The van der Waals surface area contributed by atoms with Crippen LogP contribution < -0.4 is 10.6 Å². The Kier molecular flexibility index (Phi) is 6.57. The quantitative estimate of drug-likeness (QED) is 0.725. The maximum Gasteiger partial charge on any atom is 0.238 e. The van der Waals surface area contributed by atoms with Crippen molar-refractivity contribution in [1.82, 2.24) is 10.2 Å². The van der Waals surface area contributed by atoms with E-state index in [-0.39, 0.29) is 29.5 Å². The number of nitrogens with one attached hydrogen (secondary N) is 2. The number of thiophene rings is 1. The van der Waals surface area contributed by atoms with Crippen molar-refractivity contribution in [1.29, 1.82) is 0 Å². The Hall–Kier alpha value is -1.83. The molecule has 2 N–H and O–H groups in total. The van der Waals surface area contributed by atoms with Crippen molar-refractivity contribution in [2.24, 2.45) is 5.92 Å². The van der Waals surface area contributed by atoms with Crippen LogP contribution in [0, 0.1) is 5.92 Å². The van der Waals surface area contributed by atoms with Gasteiger partial charge in [-0.05, 0) is 55.4 Å². The summed E-state index contributed by atoms with van der Waals surface area (Å²) >= 11 is 3.22. The molecule has 3 heterocycles. The maximum atomic E-state index is 12.7. The van der Waals surface area contributed by atoms with E-state index in [4.69, 9.17) is 0 Å². The van der Waals surface area contributed by atoms with E-state index in [2.05, 4.69) is 40.0 Å². The molecule has 0 spiro atoms. The Morgan fingerprint density at radius 2 is 2.03 bits per heavy atom. The highest BCUT2D eigenvalue weighted by Gasteiger charge is 2.30. The summed E-state index contributed by atoms with van der Waals surface area (Å²) in [5.41, 5.74) is 0.830. The number of hydrogen-bond donors (Lipinski definition) is 2. The van der Waals surface area contributed by atoms with Gasteiger partial charge in [0, 0.05) is 22.7 Å². The molecule has 154 valence electrons. The van der Waals surface area contributed by atoms with Crippen molar-refractivity contribution in [3.63, 3.8) is 0 Å². The molecule has 7 heteroatoms. The molecule has 2 aromatic rings. The zero-order valence-corrected chi connectivity index (χ0v) is 18.2. The minimum Gasteiger partial charge on any atom is -0.354 e. The number of carbonyl (C=O) groups is 2. The van der Waals surface area contributed by atoms with Crippen molar-refractivity contribution >= 4 is 40.6 Å². The van der Waals surface area contributed by atoms with E-state index in [0.29, 0.717) is 6.54 Å². The zero-order valence-electron chi connectivity index (χ0n) is 16.6. The SMILES string of the molecule is CC1CCN([C@H](CNC(=O)C[C@H]2Sc3ccccc3NC2=O)c2cccs2)CC1. The van der Waals surface area contributed by atoms with E-state index in [1.807, 2.05) is 24.3 Å². The average Bonchev–Trinajstić information content (AvgIpc) is 3.24. The summed E-state index contributed by atoms with van der Waals surface area (Å²) < 4.78 is 0. The Balaban J connectivity index is 1.35. The third kappa shape index (κ3) is 5.02. The number of anilines is 1. The zero-order chi connectivity index (χ0) is 20.2. The van der Waals surface area contributed by atoms with Crippen LogP contribution in [0.1, 0.15) is 37.1 Å². The number of benzene rings is 1. The molecule has 1 fully saturated rings. The van der Waals surface area contributed by atoms with Crippen LogP contribution in [-0.2, 0) is 9.59 Å². The molecule has 0 radical (unpaired) electrons. The largest absolute Gasteiger partial charge is 0.354 e. The molecule has 0 aliphatic carbocycles. The number of likely N-dealkylation sites (tertiary alicyclic amines) is 1. The molecule has 1 saturated heterocycles. The van der Waals surface area contributed by atoms with Crippen molar-refractivity contribution < 1.29 is 9.59 Å². The first kappa shape index (κ1) is 20.4. The van der Waals surface area contributed by atoms with Crippen LogP contribution in [0.4, 0.5) is 5.69 Å². The molecule has 5 nitrogen and oxygen atoms in total. The topological polar surface area (TPSA) is 61.4 Å². The molecule has 1 aromatic carbocycles. The molecule has 0 bridgehead atoms. The number of carbonyl (C=O) groups excluding carboxylic acids is 2. The summed E-state index contributed by atoms with van der Waals surface area (Å²) in [6.07, 6.45) is 2.60. The van der Waals surface area contributed by atoms with E-state index in [0.717, 1.165) is 29.6 Å². The van der Waals surface area contributed by atoms with Crippen molar-refractivity contribution in [2.45, 2.75) is 42.4 Å². The lowest BCUT2D eigenvalue weighted by molar-refractivity contribution is -0.124. The molecule has 2 aliphatic heterocycles. The van der Waals surface area contributed by atoms with Gasteiger partial charge in [-0.3, -0.25) is 14.5 Å². The molecular weight excluding hydrogens is 402 g/mol. The number of nitrogens with zero attached hydrogens (tertiary/aromatic N) is 1. The third-order valence-corrected chi connectivity index (χ3v) is 7.95. The fourth-order valence-electron chi connectivity index (χ4n) is 3.91. The lowest BCUT2D eigenvalue weighted by atomic mass is 9.97. The van der Waals surface area contributed by atoms with E-state index >= 15 is 0 Å².